The number of alkyl halides is 2. The molecule has 0 aliphatic heterocycles. The molecule has 0 saturated heterocycles. The molecule has 0 radical (unpaired) electrons. The molecule has 15 heavy (non-hydrogen) atoms. The zero-order valence-corrected chi connectivity index (χ0v) is 7.91. The molecule has 1 aromatic rings. The Labute approximate surface area is 83.6 Å². The van der Waals surface area contributed by atoms with Crippen molar-refractivity contribution in [3.63, 3.8) is 0 Å². The highest BCUT2D eigenvalue weighted by molar-refractivity contribution is 5.33. The maximum atomic E-state index is 12.4. The summed E-state index contributed by atoms with van der Waals surface area (Å²) in [6.45, 7) is 1.13. The third-order valence-corrected chi connectivity index (χ3v) is 1.95. The number of nitrogens with zero attached hydrogens (tertiary/aromatic N) is 2. The van der Waals surface area contributed by atoms with Crippen LogP contribution in [0.5, 0.6) is 0 Å². The number of aromatic amines is 1. The highest BCUT2D eigenvalue weighted by Crippen LogP contribution is 2.22. The molecule has 1 aromatic heterocycles. The van der Waals surface area contributed by atoms with Crippen molar-refractivity contribution >= 4 is 5.69 Å². The number of nitrogens with one attached hydrogen (secondary N) is 1. The van der Waals surface area contributed by atoms with Crippen molar-refractivity contribution in [2.75, 3.05) is 0 Å². The average Bonchev–Trinajstić information content (AvgIpc) is 2.51. The summed E-state index contributed by atoms with van der Waals surface area (Å²) < 4.78 is 24.8. The van der Waals surface area contributed by atoms with Crippen LogP contribution in [0.3, 0.4) is 0 Å². The summed E-state index contributed by atoms with van der Waals surface area (Å²) >= 11 is 0. The lowest BCUT2D eigenvalue weighted by atomic mass is 9.97. The number of hydrogen-bond donors (Lipinski definition) is 2. The Morgan fingerprint density at radius 2 is 2.40 bits per heavy atom. The van der Waals surface area contributed by atoms with Crippen molar-refractivity contribution in [3.05, 3.63) is 22.0 Å². The second kappa shape index (κ2) is 3.89. The van der Waals surface area contributed by atoms with Crippen LogP contribution in [0.1, 0.15) is 12.6 Å². The molecule has 3 N–H and O–H groups in total. The second-order valence-electron chi connectivity index (χ2n) is 3.47. The van der Waals surface area contributed by atoms with E-state index >= 15 is 0 Å². The first-order chi connectivity index (χ1) is 6.84. The highest BCUT2D eigenvalue weighted by Gasteiger charge is 2.33. The van der Waals surface area contributed by atoms with E-state index in [2.05, 4.69) is 10.2 Å². The first-order valence-electron chi connectivity index (χ1n) is 4.08. The maximum absolute atomic E-state index is 12.4. The molecule has 1 atom stereocenters. The number of hydrogen-bond acceptors (Lipinski definition) is 4. The first-order valence-corrected chi connectivity index (χ1v) is 4.08. The summed E-state index contributed by atoms with van der Waals surface area (Å²) in [6.07, 6.45) is -2.13. The van der Waals surface area contributed by atoms with Crippen LogP contribution in [0.4, 0.5) is 14.5 Å². The van der Waals surface area contributed by atoms with Crippen molar-refractivity contribution in [1.82, 2.24) is 10.2 Å². The van der Waals surface area contributed by atoms with E-state index in [0.29, 0.717) is 0 Å². The summed E-state index contributed by atoms with van der Waals surface area (Å²) in [5.74, 6) is 0. The van der Waals surface area contributed by atoms with Crippen molar-refractivity contribution in [2.45, 2.75) is 25.3 Å². The topological polar surface area (TPSA) is 97.8 Å². The lowest BCUT2D eigenvalue weighted by Crippen LogP contribution is -2.46. The van der Waals surface area contributed by atoms with Crippen molar-refractivity contribution in [1.29, 1.82) is 0 Å². The van der Waals surface area contributed by atoms with Crippen molar-refractivity contribution < 1.29 is 13.7 Å². The van der Waals surface area contributed by atoms with E-state index in [1.54, 1.807) is 0 Å². The molecule has 1 unspecified atom stereocenters. The van der Waals surface area contributed by atoms with Crippen molar-refractivity contribution in [2.24, 2.45) is 5.73 Å². The van der Waals surface area contributed by atoms with Gasteiger partial charge in [-0.2, -0.15) is 5.10 Å². The molecule has 0 bridgehead atoms. The Morgan fingerprint density at radius 1 is 1.80 bits per heavy atom. The molecule has 1 rings (SSSR count). The number of aromatic nitrogens is 2. The summed E-state index contributed by atoms with van der Waals surface area (Å²) in [6, 6.07) is 0. The van der Waals surface area contributed by atoms with E-state index in [0.717, 1.165) is 13.1 Å². The average molecular weight is 220 g/mol. The standard InChI is InChI=1S/C7H10F2N4O2/c1-7(10,6(8)9)2-4-5(13(14)15)3-11-12-4/h3,6H,2,10H2,1H3,(H,11,12). The molecule has 8 heteroatoms. The van der Waals surface area contributed by atoms with Gasteiger partial charge in [0.15, 0.2) is 0 Å². The van der Waals surface area contributed by atoms with Gasteiger partial charge >= 0.3 is 5.69 Å². The minimum absolute atomic E-state index is 0.00491. The molecule has 0 aliphatic carbocycles. The van der Waals surface area contributed by atoms with Crippen LogP contribution in [-0.2, 0) is 6.42 Å². The summed E-state index contributed by atoms with van der Waals surface area (Å²) in [5, 5.41) is 16.2. The quantitative estimate of drug-likeness (QED) is 0.580. The van der Waals surface area contributed by atoms with Crippen molar-refractivity contribution in [3.8, 4) is 0 Å². The summed E-state index contributed by atoms with van der Waals surface area (Å²) in [7, 11) is 0. The molecular weight excluding hydrogens is 210 g/mol. The second-order valence-corrected chi connectivity index (χ2v) is 3.47. The van der Waals surface area contributed by atoms with Gasteiger partial charge < -0.3 is 5.73 Å². The van der Waals surface area contributed by atoms with E-state index in [1.807, 2.05) is 0 Å². The monoisotopic (exact) mass is 220 g/mol. The molecule has 0 aromatic carbocycles. The van der Waals surface area contributed by atoms with Gasteiger partial charge in [0.05, 0.1) is 10.5 Å². The number of halogens is 2. The van der Waals surface area contributed by atoms with E-state index in [1.165, 1.54) is 0 Å². The predicted molar refractivity (Wildman–Crippen MR) is 47.5 cm³/mol. The van der Waals surface area contributed by atoms with Gasteiger partial charge in [-0.3, -0.25) is 15.2 Å². The molecule has 0 saturated carbocycles. The third-order valence-electron chi connectivity index (χ3n) is 1.95. The van der Waals surface area contributed by atoms with E-state index in [9.17, 15) is 18.9 Å². The smallest absolute Gasteiger partial charge is 0.309 e. The molecule has 0 amide bonds. The fourth-order valence-corrected chi connectivity index (χ4v) is 1.05. The fraction of sp³-hybridized carbons (Fsp3) is 0.571. The van der Waals surface area contributed by atoms with Gasteiger partial charge in [0.25, 0.3) is 6.43 Å². The fourth-order valence-electron chi connectivity index (χ4n) is 1.05. The number of nitro groups is 1. The normalized spacial score (nSPS) is 15.3. The van der Waals surface area contributed by atoms with Gasteiger partial charge in [-0.25, -0.2) is 8.78 Å². The largest absolute Gasteiger partial charge is 0.320 e. The van der Waals surface area contributed by atoms with E-state index < -0.39 is 16.9 Å². The molecule has 1 heterocycles. The zero-order valence-electron chi connectivity index (χ0n) is 7.91. The summed E-state index contributed by atoms with van der Waals surface area (Å²) in [4.78, 5) is 9.76. The molecule has 0 fully saturated rings. The Morgan fingerprint density at radius 3 is 2.87 bits per heavy atom. The van der Waals surface area contributed by atoms with Gasteiger partial charge in [0.1, 0.15) is 11.9 Å². The van der Waals surface area contributed by atoms with Crippen LogP contribution in [0, 0.1) is 10.1 Å². The van der Waals surface area contributed by atoms with Crippen LogP contribution in [0.15, 0.2) is 6.20 Å². The molecule has 0 spiro atoms. The van der Waals surface area contributed by atoms with Gasteiger partial charge in [0, 0.05) is 6.42 Å². The Kier molecular flexibility index (Phi) is 2.98. The highest BCUT2D eigenvalue weighted by atomic mass is 19.3. The van der Waals surface area contributed by atoms with Crippen LogP contribution in [-0.4, -0.2) is 27.1 Å². The SMILES string of the molecule is CC(N)(Cc1[nH]ncc1[N+](=O)[O-])C(F)F. The van der Waals surface area contributed by atoms with Crippen LogP contribution in [0.2, 0.25) is 0 Å². The molecule has 84 valence electrons. The summed E-state index contributed by atoms with van der Waals surface area (Å²) in [5.41, 5.74) is 3.17. The lowest BCUT2D eigenvalue weighted by Gasteiger charge is -2.21. The Hall–Kier alpha value is -1.57. The maximum Gasteiger partial charge on any atom is 0.309 e. The minimum Gasteiger partial charge on any atom is -0.320 e. The van der Waals surface area contributed by atoms with Crippen LogP contribution in [0.25, 0.3) is 0 Å². The van der Waals surface area contributed by atoms with Crippen LogP contribution < -0.4 is 5.73 Å². The van der Waals surface area contributed by atoms with Crippen LogP contribution >= 0.6 is 0 Å². The number of nitrogens with two attached hydrogens (primary N) is 1. The lowest BCUT2D eigenvalue weighted by molar-refractivity contribution is -0.385. The number of H-pyrrole nitrogens is 1. The van der Waals surface area contributed by atoms with E-state index in [4.69, 9.17) is 5.73 Å². The zero-order chi connectivity index (χ0) is 11.6. The van der Waals surface area contributed by atoms with E-state index in [-0.39, 0.29) is 17.8 Å². The Balaban J connectivity index is 2.90. The van der Waals surface area contributed by atoms with Gasteiger partial charge in [0.2, 0.25) is 0 Å². The third kappa shape index (κ3) is 2.46. The Bertz CT molecular complexity index is 364. The van der Waals surface area contributed by atoms with Gasteiger partial charge in [-0.1, -0.05) is 0 Å². The molecular formula is C7H10F2N4O2. The van der Waals surface area contributed by atoms with Gasteiger partial charge in [-0.15, -0.1) is 0 Å². The minimum atomic E-state index is -2.76. The van der Waals surface area contributed by atoms with Gasteiger partial charge in [-0.05, 0) is 6.92 Å². The number of rotatable bonds is 4. The predicted octanol–water partition coefficient (Wildman–Crippen LogP) is 0.843. The first kappa shape index (κ1) is 11.5. The molecule has 6 nitrogen and oxygen atoms in total. The molecule has 0 aliphatic rings.